The molecule has 0 spiro atoms. The zero-order chi connectivity index (χ0) is 12.9. The molecule has 0 atom stereocenters. The second kappa shape index (κ2) is 5.82. The minimum Gasteiger partial charge on any atom is -0.352 e. The number of aryl methyl sites for hydroxylation is 1. The van der Waals surface area contributed by atoms with Crippen LogP contribution >= 0.6 is 0 Å². The van der Waals surface area contributed by atoms with Crippen molar-refractivity contribution in [2.45, 2.75) is 27.2 Å². The molecule has 0 bridgehead atoms. The predicted octanol–water partition coefficient (Wildman–Crippen LogP) is 2.10. The number of hydrogen-bond donors (Lipinski definition) is 2. The second-order valence-corrected chi connectivity index (χ2v) is 5.25. The Morgan fingerprint density at radius 1 is 1.29 bits per heavy atom. The van der Waals surface area contributed by atoms with Crippen molar-refractivity contribution >= 4 is 5.91 Å². The first-order chi connectivity index (χ1) is 7.94. The molecular formula is C14H22N2O. The van der Waals surface area contributed by atoms with Gasteiger partial charge in [-0.15, -0.1) is 0 Å². The fourth-order valence-corrected chi connectivity index (χ4v) is 1.61. The van der Waals surface area contributed by atoms with Gasteiger partial charge in [-0.05, 0) is 37.4 Å². The molecule has 0 aliphatic carbocycles. The highest BCUT2D eigenvalue weighted by Crippen LogP contribution is 2.17. The van der Waals surface area contributed by atoms with Gasteiger partial charge >= 0.3 is 0 Å². The van der Waals surface area contributed by atoms with E-state index in [-0.39, 0.29) is 11.3 Å². The molecule has 0 saturated heterocycles. The van der Waals surface area contributed by atoms with Crippen LogP contribution in [-0.2, 0) is 0 Å². The molecule has 1 amide bonds. The zero-order valence-electron chi connectivity index (χ0n) is 10.9. The average Bonchev–Trinajstić information content (AvgIpc) is 2.27. The lowest BCUT2D eigenvalue weighted by Crippen LogP contribution is -2.35. The Hall–Kier alpha value is -1.35. The topological polar surface area (TPSA) is 55.1 Å². The Labute approximate surface area is 103 Å². The van der Waals surface area contributed by atoms with Gasteiger partial charge in [0.1, 0.15) is 0 Å². The van der Waals surface area contributed by atoms with Gasteiger partial charge in [0.25, 0.3) is 5.91 Å². The van der Waals surface area contributed by atoms with Gasteiger partial charge in [-0.3, -0.25) is 4.79 Å². The quantitative estimate of drug-likeness (QED) is 0.819. The summed E-state index contributed by atoms with van der Waals surface area (Å²) in [4.78, 5) is 11.9. The summed E-state index contributed by atoms with van der Waals surface area (Å²) in [5.41, 5.74) is 7.45. The summed E-state index contributed by atoms with van der Waals surface area (Å²) >= 11 is 0. The Kier molecular flexibility index (Phi) is 4.70. The molecule has 0 radical (unpaired) electrons. The lowest BCUT2D eigenvalue weighted by Gasteiger charge is -2.24. The van der Waals surface area contributed by atoms with E-state index in [0.717, 1.165) is 12.0 Å². The highest BCUT2D eigenvalue weighted by molar-refractivity contribution is 5.94. The van der Waals surface area contributed by atoms with E-state index < -0.39 is 0 Å². The molecular weight excluding hydrogens is 212 g/mol. The summed E-state index contributed by atoms with van der Waals surface area (Å²) in [6.45, 7) is 7.51. The summed E-state index contributed by atoms with van der Waals surface area (Å²) in [5, 5.41) is 2.95. The van der Waals surface area contributed by atoms with Gasteiger partial charge in [-0.1, -0.05) is 31.5 Å². The fraction of sp³-hybridized carbons (Fsp3) is 0.500. The normalized spacial score (nSPS) is 11.3. The summed E-state index contributed by atoms with van der Waals surface area (Å²) in [6, 6.07) is 7.58. The Balaban J connectivity index is 2.53. The molecule has 0 unspecified atom stereocenters. The molecule has 0 heterocycles. The minimum absolute atomic E-state index is 0.0184. The summed E-state index contributed by atoms with van der Waals surface area (Å²) < 4.78 is 0. The van der Waals surface area contributed by atoms with Crippen LogP contribution in [0.15, 0.2) is 24.3 Å². The third-order valence-electron chi connectivity index (χ3n) is 2.86. The molecule has 0 aliphatic heterocycles. The third kappa shape index (κ3) is 4.57. The third-order valence-corrected chi connectivity index (χ3v) is 2.86. The van der Waals surface area contributed by atoms with Crippen molar-refractivity contribution in [3.63, 3.8) is 0 Å². The minimum atomic E-state index is -0.0184. The number of hydrogen-bond acceptors (Lipinski definition) is 2. The molecule has 17 heavy (non-hydrogen) atoms. The smallest absolute Gasteiger partial charge is 0.251 e. The van der Waals surface area contributed by atoms with Crippen LogP contribution in [-0.4, -0.2) is 19.0 Å². The number of nitrogens with two attached hydrogens (primary N) is 1. The Morgan fingerprint density at radius 2 is 1.88 bits per heavy atom. The van der Waals surface area contributed by atoms with E-state index in [1.54, 1.807) is 0 Å². The highest BCUT2D eigenvalue weighted by Gasteiger charge is 2.18. The van der Waals surface area contributed by atoms with Gasteiger partial charge in [-0.2, -0.15) is 0 Å². The van der Waals surface area contributed by atoms with Crippen molar-refractivity contribution in [1.82, 2.24) is 5.32 Å². The monoisotopic (exact) mass is 234 g/mol. The van der Waals surface area contributed by atoms with Crippen LogP contribution in [0.1, 0.15) is 36.2 Å². The van der Waals surface area contributed by atoms with E-state index in [1.807, 2.05) is 31.2 Å². The van der Waals surface area contributed by atoms with Crippen molar-refractivity contribution in [1.29, 1.82) is 0 Å². The Morgan fingerprint density at radius 3 is 2.41 bits per heavy atom. The fourth-order valence-electron chi connectivity index (χ4n) is 1.61. The van der Waals surface area contributed by atoms with Gasteiger partial charge in [0.2, 0.25) is 0 Å². The van der Waals surface area contributed by atoms with Gasteiger partial charge in [0.15, 0.2) is 0 Å². The standard InChI is InChI=1S/C14H22N2O/c1-11-4-6-12(7-5-11)13(17)16-10-14(2,3)8-9-15/h4-7H,8-10,15H2,1-3H3,(H,16,17). The van der Waals surface area contributed by atoms with Crippen molar-refractivity contribution in [3.05, 3.63) is 35.4 Å². The van der Waals surface area contributed by atoms with Gasteiger partial charge < -0.3 is 11.1 Å². The predicted molar refractivity (Wildman–Crippen MR) is 71.0 cm³/mol. The second-order valence-electron chi connectivity index (χ2n) is 5.25. The van der Waals surface area contributed by atoms with E-state index in [4.69, 9.17) is 5.73 Å². The maximum Gasteiger partial charge on any atom is 0.251 e. The van der Waals surface area contributed by atoms with Crippen molar-refractivity contribution in [2.75, 3.05) is 13.1 Å². The van der Waals surface area contributed by atoms with Gasteiger partial charge in [0, 0.05) is 12.1 Å². The van der Waals surface area contributed by atoms with E-state index in [9.17, 15) is 4.79 Å². The molecule has 1 aromatic rings. The number of amides is 1. The van der Waals surface area contributed by atoms with Gasteiger partial charge in [0.05, 0.1) is 0 Å². The van der Waals surface area contributed by atoms with Crippen LogP contribution in [0.2, 0.25) is 0 Å². The molecule has 0 saturated carbocycles. The largest absolute Gasteiger partial charge is 0.352 e. The zero-order valence-corrected chi connectivity index (χ0v) is 10.9. The molecule has 3 N–H and O–H groups in total. The van der Waals surface area contributed by atoms with Crippen molar-refractivity contribution < 1.29 is 4.79 Å². The number of carbonyl (C=O) groups is 1. The van der Waals surface area contributed by atoms with Gasteiger partial charge in [-0.25, -0.2) is 0 Å². The summed E-state index contributed by atoms with van der Waals surface area (Å²) in [7, 11) is 0. The van der Waals surface area contributed by atoms with E-state index in [0.29, 0.717) is 18.7 Å². The van der Waals surface area contributed by atoms with E-state index in [2.05, 4.69) is 19.2 Å². The molecule has 3 nitrogen and oxygen atoms in total. The number of rotatable bonds is 5. The number of carbonyl (C=O) groups excluding carboxylic acids is 1. The van der Waals surface area contributed by atoms with Crippen LogP contribution in [0.5, 0.6) is 0 Å². The van der Waals surface area contributed by atoms with Crippen LogP contribution < -0.4 is 11.1 Å². The maximum atomic E-state index is 11.9. The van der Waals surface area contributed by atoms with Crippen LogP contribution in [0.25, 0.3) is 0 Å². The molecule has 0 aliphatic rings. The highest BCUT2D eigenvalue weighted by atomic mass is 16.1. The van der Waals surface area contributed by atoms with Crippen molar-refractivity contribution in [3.8, 4) is 0 Å². The van der Waals surface area contributed by atoms with Crippen LogP contribution in [0.4, 0.5) is 0 Å². The molecule has 1 aromatic carbocycles. The summed E-state index contributed by atoms with van der Waals surface area (Å²) in [5.74, 6) is -0.0184. The van der Waals surface area contributed by atoms with E-state index >= 15 is 0 Å². The lowest BCUT2D eigenvalue weighted by atomic mass is 9.89. The number of nitrogens with one attached hydrogen (secondary N) is 1. The summed E-state index contributed by atoms with van der Waals surface area (Å²) in [6.07, 6.45) is 0.904. The molecule has 1 rings (SSSR count). The van der Waals surface area contributed by atoms with Crippen LogP contribution in [0, 0.1) is 12.3 Å². The van der Waals surface area contributed by atoms with Crippen LogP contribution in [0.3, 0.4) is 0 Å². The molecule has 0 fully saturated rings. The Bertz CT molecular complexity index is 368. The number of benzene rings is 1. The SMILES string of the molecule is Cc1ccc(C(=O)NCC(C)(C)CCN)cc1. The molecule has 3 heteroatoms. The van der Waals surface area contributed by atoms with Crippen molar-refractivity contribution in [2.24, 2.45) is 11.1 Å². The lowest BCUT2D eigenvalue weighted by molar-refractivity contribution is 0.0935. The average molecular weight is 234 g/mol. The molecule has 94 valence electrons. The maximum absolute atomic E-state index is 11.9. The first-order valence-electron chi connectivity index (χ1n) is 5.99. The molecule has 0 aromatic heterocycles. The first-order valence-corrected chi connectivity index (χ1v) is 5.99. The first kappa shape index (κ1) is 13.7. The van der Waals surface area contributed by atoms with E-state index in [1.165, 1.54) is 0 Å².